The Balaban J connectivity index is 3.74. The van der Waals surface area contributed by atoms with Crippen molar-refractivity contribution in [3.05, 3.63) is 0 Å². The predicted molar refractivity (Wildman–Crippen MR) is 68.6 cm³/mol. The lowest BCUT2D eigenvalue weighted by atomic mass is 10.3. The average Bonchev–Trinajstić information content (AvgIpc) is 2.33. The molecule has 19 heavy (non-hydrogen) atoms. The minimum atomic E-state index is -0.961. The van der Waals surface area contributed by atoms with Gasteiger partial charge in [0.05, 0.1) is 19.7 Å². The molecule has 0 heterocycles. The van der Waals surface area contributed by atoms with Crippen LogP contribution >= 0.6 is 0 Å². The van der Waals surface area contributed by atoms with Crippen LogP contribution in [-0.4, -0.2) is 60.6 Å². The number of aliphatic carboxylic acids is 1. The van der Waals surface area contributed by atoms with Gasteiger partial charge in [-0.15, -0.1) is 0 Å². The predicted octanol–water partition coefficient (Wildman–Crippen LogP) is -0.148. The van der Waals surface area contributed by atoms with Gasteiger partial charge < -0.3 is 15.2 Å². The Morgan fingerprint density at radius 3 is 2.42 bits per heavy atom. The number of likely N-dealkylation sites (N-methyl/N-ethyl adjacent to an activating group) is 1. The molecule has 0 rings (SSSR count). The van der Waals surface area contributed by atoms with Crippen LogP contribution in [0, 0.1) is 0 Å². The number of ether oxygens (including phenoxy) is 1. The quantitative estimate of drug-likeness (QED) is 0.425. The van der Waals surface area contributed by atoms with E-state index in [9.17, 15) is 14.4 Å². The average molecular weight is 274 g/mol. The first kappa shape index (κ1) is 17.4. The summed E-state index contributed by atoms with van der Waals surface area (Å²) < 4.78 is 4.75. The fourth-order valence-electron chi connectivity index (χ4n) is 1.42. The smallest absolute Gasteiger partial charge is 0.317 e. The number of carbonyl (C=O) groups is 3. The van der Waals surface area contributed by atoms with Crippen molar-refractivity contribution in [1.82, 2.24) is 10.2 Å². The summed E-state index contributed by atoms with van der Waals surface area (Å²) in [6.07, 6.45) is 0.774. The molecule has 0 radical (unpaired) electrons. The number of esters is 1. The summed E-state index contributed by atoms with van der Waals surface area (Å²) in [7, 11) is 0. The molecule has 0 spiro atoms. The van der Waals surface area contributed by atoms with E-state index in [-0.39, 0.29) is 31.4 Å². The van der Waals surface area contributed by atoms with E-state index in [1.54, 1.807) is 13.8 Å². The Morgan fingerprint density at radius 1 is 1.21 bits per heavy atom. The van der Waals surface area contributed by atoms with Gasteiger partial charge in [0, 0.05) is 13.0 Å². The molecule has 7 heteroatoms. The van der Waals surface area contributed by atoms with Crippen LogP contribution in [0.3, 0.4) is 0 Å². The highest BCUT2D eigenvalue weighted by Gasteiger charge is 2.11. The second-order valence-electron chi connectivity index (χ2n) is 3.96. The first-order valence-corrected chi connectivity index (χ1v) is 6.36. The number of carboxylic acid groups (broad SMARTS) is 1. The van der Waals surface area contributed by atoms with Crippen LogP contribution in [0.5, 0.6) is 0 Å². The van der Waals surface area contributed by atoms with Crippen LogP contribution < -0.4 is 5.32 Å². The molecule has 0 aliphatic heterocycles. The molecule has 1 amide bonds. The fraction of sp³-hybridized carbons (Fsp3) is 0.750. The number of carboxylic acids is 1. The second-order valence-corrected chi connectivity index (χ2v) is 3.96. The Morgan fingerprint density at radius 2 is 1.89 bits per heavy atom. The van der Waals surface area contributed by atoms with Crippen molar-refractivity contribution in [3.63, 3.8) is 0 Å². The molecule has 0 saturated carbocycles. The Hall–Kier alpha value is -1.63. The minimum Gasteiger partial charge on any atom is -0.480 e. The van der Waals surface area contributed by atoms with Crippen LogP contribution in [0.15, 0.2) is 0 Å². The number of amides is 1. The molecule has 0 aliphatic carbocycles. The van der Waals surface area contributed by atoms with E-state index in [0.29, 0.717) is 26.1 Å². The van der Waals surface area contributed by atoms with Crippen molar-refractivity contribution in [3.8, 4) is 0 Å². The standard InChI is InChI=1S/C12H22N2O5/c1-3-14(9-11(16)17)8-10(15)13-7-5-6-12(18)19-4-2/h3-9H2,1-2H3,(H,13,15)(H,16,17). The Labute approximate surface area is 112 Å². The van der Waals surface area contributed by atoms with E-state index in [0.717, 1.165) is 0 Å². The van der Waals surface area contributed by atoms with Gasteiger partial charge in [0.25, 0.3) is 0 Å². The summed E-state index contributed by atoms with van der Waals surface area (Å²) in [5.41, 5.74) is 0. The normalized spacial score (nSPS) is 10.3. The lowest BCUT2D eigenvalue weighted by Gasteiger charge is -2.17. The number of hydrogen-bond donors (Lipinski definition) is 2. The third-order valence-corrected chi connectivity index (χ3v) is 2.36. The van der Waals surface area contributed by atoms with E-state index in [1.165, 1.54) is 4.90 Å². The summed E-state index contributed by atoms with van der Waals surface area (Å²) in [5, 5.41) is 11.3. The molecule has 0 aromatic heterocycles. The van der Waals surface area contributed by atoms with Crippen LogP contribution in [0.1, 0.15) is 26.7 Å². The zero-order chi connectivity index (χ0) is 14.7. The number of nitrogens with one attached hydrogen (secondary N) is 1. The van der Waals surface area contributed by atoms with E-state index in [4.69, 9.17) is 9.84 Å². The van der Waals surface area contributed by atoms with Crippen molar-refractivity contribution >= 4 is 17.8 Å². The molecule has 0 saturated heterocycles. The van der Waals surface area contributed by atoms with Crippen molar-refractivity contribution < 1.29 is 24.2 Å². The summed E-state index contributed by atoms with van der Waals surface area (Å²) in [4.78, 5) is 34.6. The molecule has 0 bridgehead atoms. The molecule has 0 aliphatic rings. The Kier molecular flexibility index (Phi) is 9.42. The van der Waals surface area contributed by atoms with E-state index in [2.05, 4.69) is 5.32 Å². The fourth-order valence-corrected chi connectivity index (χ4v) is 1.42. The molecule has 0 aromatic rings. The minimum absolute atomic E-state index is 0.0439. The third-order valence-electron chi connectivity index (χ3n) is 2.36. The van der Waals surface area contributed by atoms with Gasteiger partial charge in [0.1, 0.15) is 0 Å². The molecule has 110 valence electrons. The molecule has 0 aromatic carbocycles. The maximum atomic E-state index is 11.5. The molecule has 0 atom stereocenters. The lowest BCUT2D eigenvalue weighted by molar-refractivity contribution is -0.143. The highest BCUT2D eigenvalue weighted by Crippen LogP contribution is 1.92. The molecule has 0 fully saturated rings. The van der Waals surface area contributed by atoms with Crippen LogP contribution in [-0.2, 0) is 19.1 Å². The summed E-state index contributed by atoms with van der Waals surface area (Å²) >= 11 is 0. The van der Waals surface area contributed by atoms with Gasteiger partial charge >= 0.3 is 11.9 Å². The molecule has 7 nitrogen and oxygen atoms in total. The molecular weight excluding hydrogens is 252 g/mol. The van der Waals surface area contributed by atoms with Crippen molar-refractivity contribution in [2.75, 3.05) is 32.8 Å². The van der Waals surface area contributed by atoms with Crippen molar-refractivity contribution in [2.45, 2.75) is 26.7 Å². The van der Waals surface area contributed by atoms with Crippen molar-refractivity contribution in [2.24, 2.45) is 0 Å². The number of carbonyl (C=O) groups excluding carboxylic acids is 2. The van der Waals surface area contributed by atoms with Crippen LogP contribution in [0.25, 0.3) is 0 Å². The maximum absolute atomic E-state index is 11.5. The van der Waals surface area contributed by atoms with Gasteiger partial charge in [-0.2, -0.15) is 0 Å². The summed E-state index contributed by atoms with van der Waals surface area (Å²) in [6, 6.07) is 0. The maximum Gasteiger partial charge on any atom is 0.317 e. The highest BCUT2D eigenvalue weighted by atomic mass is 16.5. The second kappa shape index (κ2) is 10.3. The molecule has 0 unspecified atom stereocenters. The van der Waals surface area contributed by atoms with Crippen molar-refractivity contribution in [1.29, 1.82) is 0 Å². The SMILES string of the molecule is CCOC(=O)CCCNC(=O)CN(CC)CC(=O)O. The molecular formula is C12H22N2O5. The topological polar surface area (TPSA) is 95.9 Å². The van der Waals surface area contributed by atoms with E-state index in [1.807, 2.05) is 0 Å². The Bertz CT molecular complexity index is 306. The lowest BCUT2D eigenvalue weighted by Crippen LogP contribution is -2.40. The first-order chi connectivity index (χ1) is 8.99. The number of rotatable bonds is 10. The monoisotopic (exact) mass is 274 g/mol. The van der Waals surface area contributed by atoms with E-state index < -0.39 is 5.97 Å². The highest BCUT2D eigenvalue weighted by molar-refractivity contribution is 5.79. The van der Waals surface area contributed by atoms with Gasteiger partial charge in [-0.25, -0.2) is 0 Å². The van der Waals surface area contributed by atoms with Crippen LogP contribution in [0.2, 0.25) is 0 Å². The largest absolute Gasteiger partial charge is 0.480 e. The van der Waals surface area contributed by atoms with Gasteiger partial charge in [-0.05, 0) is 19.9 Å². The van der Waals surface area contributed by atoms with Gasteiger partial charge in [0.2, 0.25) is 5.91 Å². The summed E-state index contributed by atoms with van der Waals surface area (Å²) in [6.45, 7) is 4.63. The van der Waals surface area contributed by atoms with Gasteiger partial charge in [0.15, 0.2) is 0 Å². The number of hydrogen-bond acceptors (Lipinski definition) is 5. The zero-order valence-electron chi connectivity index (χ0n) is 11.5. The first-order valence-electron chi connectivity index (χ1n) is 6.36. The molecule has 2 N–H and O–H groups in total. The van der Waals surface area contributed by atoms with Gasteiger partial charge in [-0.1, -0.05) is 6.92 Å². The van der Waals surface area contributed by atoms with Gasteiger partial charge in [-0.3, -0.25) is 19.3 Å². The number of nitrogens with zero attached hydrogens (tertiary/aromatic N) is 1. The summed E-state index contributed by atoms with van der Waals surface area (Å²) in [5.74, 6) is -1.48. The van der Waals surface area contributed by atoms with Crippen LogP contribution in [0.4, 0.5) is 0 Å². The van der Waals surface area contributed by atoms with E-state index >= 15 is 0 Å². The zero-order valence-corrected chi connectivity index (χ0v) is 11.5. The third kappa shape index (κ3) is 10.0.